The average Bonchev–Trinajstić information content (AvgIpc) is 2.66. The van der Waals surface area contributed by atoms with Crippen molar-refractivity contribution in [2.24, 2.45) is 0 Å². The van der Waals surface area contributed by atoms with Crippen LogP contribution in [0.4, 0.5) is 0 Å². The third-order valence-corrected chi connectivity index (χ3v) is 5.09. The normalized spacial score (nSPS) is 11.1. The highest BCUT2D eigenvalue weighted by molar-refractivity contribution is 7.90. The lowest BCUT2D eigenvalue weighted by Crippen LogP contribution is -1.97. The predicted octanol–water partition coefficient (Wildman–Crippen LogP) is 4.15. The van der Waals surface area contributed by atoms with Gasteiger partial charge in [-0.15, -0.1) is 0 Å². The highest BCUT2D eigenvalue weighted by atomic mass is 32.2. The maximum atomic E-state index is 11.6. The van der Waals surface area contributed by atoms with Gasteiger partial charge in [-0.2, -0.15) is 0 Å². The lowest BCUT2D eigenvalue weighted by atomic mass is 10.0. The Kier molecular flexibility index (Phi) is 5.19. The first-order valence-electron chi connectivity index (χ1n) is 8.03. The number of rotatable bonds is 6. The topological polar surface area (TPSA) is 60.4 Å². The maximum absolute atomic E-state index is 11.6. The lowest BCUT2D eigenvalue weighted by molar-refractivity contribution is 0.112. The van der Waals surface area contributed by atoms with Gasteiger partial charge in [0.15, 0.2) is 9.84 Å². The van der Waals surface area contributed by atoms with Crippen LogP contribution < -0.4 is 4.74 Å². The molecule has 4 nitrogen and oxygen atoms in total. The van der Waals surface area contributed by atoms with E-state index in [1.165, 1.54) is 6.26 Å². The molecule has 0 unspecified atom stereocenters. The van der Waals surface area contributed by atoms with Crippen LogP contribution in [0.25, 0.3) is 11.1 Å². The summed E-state index contributed by atoms with van der Waals surface area (Å²) in [6, 6.07) is 21.7. The quantitative estimate of drug-likeness (QED) is 0.615. The van der Waals surface area contributed by atoms with Crippen LogP contribution in [0.3, 0.4) is 0 Å². The van der Waals surface area contributed by atoms with Crippen LogP contribution in [-0.4, -0.2) is 21.0 Å². The van der Waals surface area contributed by atoms with Gasteiger partial charge < -0.3 is 4.74 Å². The van der Waals surface area contributed by atoms with E-state index in [1.807, 2.05) is 24.3 Å². The number of carbonyl (C=O) groups is 1. The molecule has 3 rings (SSSR count). The van der Waals surface area contributed by atoms with E-state index in [0.717, 1.165) is 23.0 Å². The molecule has 0 spiro atoms. The van der Waals surface area contributed by atoms with E-state index < -0.39 is 9.84 Å². The Balaban J connectivity index is 1.74. The summed E-state index contributed by atoms with van der Waals surface area (Å²) < 4.78 is 28.9. The van der Waals surface area contributed by atoms with Crippen molar-refractivity contribution in [1.82, 2.24) is 0 Å². The van der Waals surface area contributed by atoms with Crippen LogP contribution >= 0.6 is 0 Å². The molecule has 3 aromatic carbocycles. The SMILES string of the molecule is CS(=O)(=O)c1ccc(-c2cccc(COc3ccc(C=O)cc3)c2)cc1. The van der Waals surface area contributed by atoms with Crippen molar-refractivity contribution in [1.29, 1.82) is 0 Å². The first-order chi connectivity index (χ1) is 12.5. The monoisotopic (exact) mass is 366 g/mol. The van der Waals surface area contributed by atoms with Gasteiger partial charge in [0.05, 0.1) is 4.90 Å². The molecule has 0 bridgehead atoms. The van der Waals surface area contributed by atoms with Crippen molar-refractivity contribution in [3.63, 3.8) is 0 Å². The van der Waals surface area contributed by atoms with Gasteiger partial charge in [0, 0.05) is 11.8 Å². The standard InChI is InChI=1S/C21H18O4S/c1-26(23,24)21-11-7-18(8-12-21)19-4-2-3-17(13-19)15-25-20-9-5-16(14-22)6-10-20/h2-14H,15H2,1H3. The first-order valence-corrected chi connectivity index (χ1v) is 9.92. The predicted molar refractivity (Wildman–Crippen MR) is 101 cm³/mol. The van der Waals surface area contributed by atoms with E-state index in [9.17, 15) is 13.2 Å². The molecular formula is C21H18O4S. The zero-order chi connectivity index (χ0) is 18.6. The molecule has 0 radical (unpaired) electrons. The Morgan fingerprint density at radius 3 is 2.19 bits per heavy atom. The van der Waals surface area contributed by atoms with Gasteiger partial charge in [-0.05, 0) is 59.2 Å². The highest BCUT2D eigenvalue weighted by Crippen LogP contribution is 2.23. The summed E-state index contributed by atoms with van der Waals surface area (Å²) in [6.07, 6.45) is 1.99. The zero-order valence-corrected chi connectivity index (χ0v) is 15.1. The summed E-state index contributed by atoms with van der Waals surface area (Å²) in [5, 5.41) is 0. The molecular weight excluding hydrogens is 348 g/mol. The van der Waals surface area contributed by atoms with E-state index in [1.54, 1.807) is 48.5 Å². The van der Waals surface area contributed by atoms with Crippen LogP contribution in [0.2, 0.25) is 0 Å². The minimum Gasteiger partial charge on any atom is -0.489 e. The summed E-state index contributed by atoms with van der Waals surface area (Å²) >= 11 is 0. The number of carbonyl (C=O) groups excluding carboxylic acids is 1. The fraction of sp³-hybridized carbons (Fsp3) is 0.0952. The van der Waals surface area contributed by atoms with Crippen LogP contribution in [-0.2, 0) is 16.4 Å². The molecule has 0 N–H and O–H groups in total. The summed E-state index contributed by atoms with van der Waals surface area (Å²) in [5.41, 5.74) is 3.53. The molecule has 0 saturated heterocycles. The van der Waals surface area contributed by atoms with Gasteiger partial charge in [-0.25, -0.2) is 8.42 Å². The second-order valence-electron chi connectivity index (χ2n) is 5.97. The Bertz CT molecular complexity index is 1000. The van der Waals surface area contributed by atoms with Gasteiger partial charge in [0.25, 0.3) is 0 Å². The first kappa shape index (κ1) is 17.9. The number of hydrogen-bond acceptors (Lipinski definition) is 4. The number of benzene rings is 3. The largest absolute Gasteiger partial charge is 0.489 e. The van der Waals surface area contributed by atoms with Gasteiger partial charge in [0.2, 0.25) is 0 Å². The maximum Gasteiger partial charge on any atom is 0.175 e. The molecule has 26 heavy (non-hydrogen) atoms. The number of aldehydes is 1. The summed E-state index contributed by atoms with van der Waals surface area (Å²) in [4.78, 5) is 11.0. The minimum absolute atomic E-state index is 0.305. The second kappa shape index (κ2) is 7.54. The van der Waals surface area contributed by atoms with Crippen LogP contribution in [0.1, 0.15) is 15.9 Å². The molecule has 0 aliphatic carbocycles. The van der Waals surface area contributed by atoms with Crippen molar-refractivity contribution >= 4 is 16.1 Å². The summed E-state index contributed by atoms with van der Waals surface area (Å²) in [7, 11) is -3.20. The number of hydrogen-bond donors (Lipinski definition) is 0. The molecule has 3 aromatic rings. The van der Waals surface area contributed by atoms with E-state index in [4.69, 9.17) is 4.74 Å². The third-order valence-electron chi connectivity index (χ3n) is 3.96. The van der Waals surface area contributed by atoms with Gasteiger partial charge in [0.1, 0.15) is 18.6 Å². The average molecular weight is 366 g/mol. The Morgan fingerprint density at radius 1 is 0.885 bits per heavy atom. The van der Waals surface area contributed by atoms with E-state index in [-0.39, 0.29) is 0 Å². The second-order valence-corrected chi connectivity index (χ2v) is 7.99. The van der Waals surface area contributed by atoms with E-state index in [0.29, 0.717) is 22.8 Å². The van der Waals surface area contributed by atoms with Crippen LogP contribution in [0.15, 0.2) is 77.7 Å². The number of ether oxygens (including phenoxy) is 1. The van der Waals surface area contributed by atoms with Crippen molar-refractivity contribution in [3.05, 3.63) is 83.9 Å². The van der Waals surface area contributed by atoms with Crippen molar-refractivity contribution in [2.75, 3.05) is 6.26 Å². The van der Waals surface area contributed by atoms with Crippen molar-refractivity contribution in [3.8, 4) is 16.9 Å². The molecule has 0 aliphatic rings. The molecule has 0 atom stereocenters. The molecule has 0 saturated carbocycles. The highest BCUT2D eigenvalue weighted by Gasteiger charge is 2.07. The van der Waals surface area contributed by atoms with Crippen molar-refractivity contribution in [2.45, 2.75) is 11.5 Å². The molecule has 5 heteroatoms. The van der Waals surface area contributed by atoms with Crippen molar-refractivity contribution < 1.29 is 17.9 Å². The summed E-state index contributed by atoms with van der Waals surface area (Å²) in [5.74, 6) is 0.693. The molecule has 0 aliphatic heterocycles. The molecule has 0 heterocycles. The van der Waals surface area contributed by atoms with Crippen LogP contribution in [0.5, 0.6) is 5.75 Å². The fourth-order valence-electron chi connectivity index (χ4n) is 2.54. The van der Waals surface area contributed by atoms with Gasteiger partial charge in [-0.1, -0.05) is 30.3 Å². The molecule has 132 valence electrons. The number of sulfone groups is 1. The molecule has 0 aromatic heterocycles. The van der Waals surface area contributed by atoms with Gasteiger partial charge in [-0.3, -0.25) is 4.79 Å². The van der Waals surface area contributed by atoms with Crippen LogP contribution in [0, 0.1) is 0 Å². The molecule has 0 fully saturated rings. The zero-order valence-electron chi connectivity index (χ0n) is 14.3. The minimum atomic E-state index is -3.20. The van der Waals surface area contributed by atoms with E-state index >= 15 is 0 Å². The van der Waals surface area contributed by atoms with E-state index in [2.05, 4.69) is 0 Å². The fourth-order valence-corrected chi connectivity index (χ4v) is 3.18. The smallest absolute Gasteiger partial charge is 0.175 e. The van der Waals surface area contributed by atoms with Gasteiger partial charge >= 0.3 is 0 Å². The summed E-state index contributed by atoms with van der Waals surface area (Å²) in [6.45, 7) is 0.399. The third kappa shape index (κ3) is 4.37. The Labute approximate surface area is 153 Å². The Hall–Kier alpha value is -2.92. The Morgan fingerprint density at radius 2 is 1.58 bits per heavy atom. The molecule has 0 amide bonds. The lowest BCUT2D eigenvalue weighted by Gasteiger charge is -2.09.